The molecule has 0 aliphatic carbocycles. The molecule has 0 amide bonds. The van der Waals surface area contributed by atoms with Crippen LogP contribution in [0.5, 0.6) is 0 Å². The molecule has 1 N–H and O–H groups in total. The minimum atomic E-state index is -0.578. The lowest BCUT2D eigenvalue weighted by molar-refractivity contribution is -0.385. The molecular weight excluding hydrogens is 250 g/mol. The van der Waals surface area contributed by atoms with Gasteiger partial charge in [0.1, 0.15) is 11.6 Å². The van der Waals surface area contributed by atoms with Crippen molar-refractivity contribution in [2.24, 2.45) is 0 Å². The number of hydrogen-bond acceptors (Lipinski definition) is 6. The maximum Gasteiger partial charge on any atom is 0.287 e. The molecule has 7 nitrogen and oxygen atoms in total. The van der Waals surface area contributed by atoms with Crippen molar-refractivity contribution in [3.8, 4) is 6.07 Å². The highest BCUT2D eigenvalue weighted by atomic mass is 16.6. The summed E-state index contributed by atoms with van der Waals surface area (Å²) in [5.74, 6) is 0. The zero-order chi connectivity index (χ0) is 14.3. The van der Waals surface area contributed by atoms with Crippen molar-refractivity contribution in [3.63, 3.8) is 0 Å². The van der Waals surface area contributed by atoms with Gasteiger partial charge < -0.3 is 14.8 Å². The van der Waals surface area contributed by atoms with E-state index in [0.717, 1.165) is 0 Å². The molecule has 19 heavy (non-hydrogen) atoms. The zero-order valence-electron chi connectivity index (χ0n) is 10.8. The van der Waals surface area contributed by atoms with Crippen molar-refractivity contribution in [2.45, 2.75) is 6.10 Å². The van der Waals surface area contributed by atoms with Gasteiger partial charge in [-0.25, -0.2) is 0 Å². The first-order valence-electron chi connectivity index (χ1n) is 5.56. The fraction of sp³-hybridized carbons (Fsp3) is 0.417. The van der Waals surface area contributed by atoms with Gasteiger partial charge in [-0.1, -0.05) is 0 Å². The summed E-state index contributed by atoms with van der Waals surface area (Å²) < 4.78 is 10.1. The molecule has 0 saturated heterocycles. The molecule has 1 atom stereocenters. The minimum Gasteiger partial charge on any atom is -0.382 e. The summed E-state index contributed by atoms with van der Waals surface area (Å²) in [6.45, 7) is 0.911. The van der Waals surface area contributed by atoms with E-state index in [1.807, 2.05) is 0 Å². The fourth-order valence-corrected chi connectivity index (χ4v) is 1.52. The highest BCUT2D eigenvalue weighted by Crippen LogP contribution is 2.21. The van der Waals surface area contributed by atoms with Crippen molar-refractivity contribution in [1.82, 2.24) is 0 Å². The van der Waals surface area contributed by atoms with Crippen LogP contribution in [0.3, 0.4) is 0 Å². The second-order valence-electron chi connectivity index (χ2n) is 3.79. The molecule has 0 aliphatic heterocycles. The Morgan fingerprint density at radius 1 is 1.53 bits per heavy atom. The molecule has 0 aromatic heterocycles. The number of nitrogens with one attached hydrogen (secondary N) is 1. The number of ether oxygens (including phenoxy) is 2. The van der Waals surface area contributed by atoms with Gasteiger partial charge in [-0.15, -0.1) is 0 Å². The first-order valence-corrected chi connectivity index (χ1v) is 5.56. The van der Waals surface area contributed by atoms with E-state index in [4.69, 9.17) is 14.7 Å². The Labute approximate surface area is 110 Å². The maximum absolute atomic E-state index is 10.7. The first kappa shape index (κ1) is 14.9. The average molecular weight is 265 g/mol. The largest absolute Gasteiger partial charge is 0.382 e. The number of methoxy groups -OCH3 is 2. The highest BCUT2D eigenvalue weighted by molar-refractivity contribution is 5.58. The van der Waals surface area contributed by atoms with Gasteiger partial charge in [0.05, 0.1) is 17.6 Å². The van der Waals surface area contributed by atoms with Crippen LogP contribution in [0.1, 0.15) is 5.56 Å². The van der Waals surface area contributed by atoms with Crippen LogP contribution in [0.15, 0.2) is 18.2 Å². The second-order valence-corrected chi connectivity index (χ2v) is 3.79. The van der Waals surface area contributed by atoms with E-state index in [1.54, 1.807) is 26.4 Å². The molecule has 0 heterocycles. The number of benzene rings is 1. The van der Waals surface area contributed by atoms with Crippen molar-refractivity contribution in [1.29, 1.82) is 5.26 Å². The average Bonchev–Trinajstić information content (AvgIpc) is 2.42. The van der Waals surface area contributed by atoms with Crippen molar-refractivity contribution >= 4 is 11.4 Å². The number of nitriles is 1. The quantitative estimate of drug-likeness (QED) is 0.593. The number of nitrogens with zero attached hydrogens (tertiary/aromatic N) is 2. The van der Waals surface area contributed by atoms with Crippen molar-refractivity contribution in [2.75, 3.05) is 32.7 Å². The van der Waals surface area contributed by atoms with Crippen LogP contribution >= 0.6 is 0 Å². The summed E-state index contributed by atoms with van der Waals surface area (Å²) in [6, 6.07) is 6.11. The second kappa shape index (κ2) is 7.31. The van der Waals surface area contributed by atoms with Crippen LogP contribution in [0, 0.1) is 21.4 Å². The highest BCUT2D eigenvalue weighted by Gasteiger charge is 2.14. The molecule has 7 heteroatoms. The molecule has 0 bridgehead atoms. The summed E-state index contributed by atoms with van der Waals surface area (Å²) in [6.07, 6.45) is -0.134. The number of nitro benzene ring substituents is 1. The van der Waals surface area contributed by atoms with Crippen LogP contribution in [0.2, 0.25) is 0 Å². The van der Waals surface area contributed by atoms with Crippen LogP contribution in [0.25, 0.3) is 0 Å². The Morgan fingerprint density at radius 2 is 2.26 bits per heavy atom. The smallest absolute Gasteiger partial charge is 0.287 e. The molecular formula is C12H15N3O4. The minimum absolute atomic E-state index is 0.0238. The molecule has 0 saturated carbocycles. The van der Waals surface area contributed by atoms with Gasteiger partial charge in [0.2, 0.25) is 0 Å². The van der Waals surface area contributed by atoms with Crippen LogP contribution in [-0.2, 0) is 9.47 Å². The van der Waals surface area contributed by atoms with Crippen LogP contribution in [0.4, 0.5) is 11.4 Å². The molecule has 0 aliphatic rings. The number of nitro groups is 1. The van der Waals surface area contributed by atoms with Gasteiger partial charge in [-0.05, 0) is 12.1 Å². The van der Waals surface area contributed by atoms with Gasteiger partial charge in [-0.2, -0.15) is 5.26 Å². The number of rotatable bonds is 7. The number of hydrogen-bond donors (Lipinski definition) is 1. The third-order valence-corrected chi connectivity index (χ3v) is 2.53. The molecule has 1 rings (SSSR count). The zero-order valence-corrected chi connectivity index (χ0v) is 10.8. The summed E-state index contributed by atoms with van der Waals surface area (Å²) in [5.41, 5.74) is 0.448. The summed E-state index contributed by atoms with van der Waals surface area (Å²) in [4.78, 5) is 10.1. The van der Waals surface area contributed by atoms with Gasteiger partial charge >= 0.3 is 0 Å². The summed E-state index contributed by atoms with van der Waals surface area (Å²) >= 11 is 0. The van der Waals surface area contributed by atoms with Crippen molar-refractivity contribution < 1.29 is 14.4 Å². The monoisotopic (exact) mass is 265 g/mol. The molecule has 0 fully saturated rings. The predicted octanol–water partition coefficient (Wildman–Crippen LogP) is 1.54. The summed E-state index contributed by atoms with van der Waals surface area (Å²) in [5, 5.41) is 22.6. The molecule has 1 aromatic carbocycles. The standard InChI is InChI=1S/C12H15N3O4/c1-18-8-11(19-2)7-14-10-3-4-12(15(16)17)9(5-10)6-13/h3-5,11,14H,7-8H2,1-2H3. The third-order valence-electron chi connectivity index (χ3n) is 2.53. The van der Waals surface area contributed by atoms with Gasteiger partial charge in [0, 0.05) is 32.5 Å². The lowest BCUT2D eigenvalue weighted by Crippen LogP contribution is -2.26. The predicted molar refractivity (Wildman–Crippen MR) is 69.0 cm³/mol. The topological polar surface area (TPSA) is 97.4 Å². The van der Waals surface area contributed by atoms with Crippen molar-refractivity contribution in [3.05, 3.63) is 33.9 Å². The molecule has 0 spiro atoms. The van der Waals surface area contributed by atoms with E-state index in [9.17, 15) is 10.1 Å². The van der Waals surface area contributed by atoms with E-state index in [-0.39, 0.29) is 17.4 Å². The Balaban J connectivity index is 2.75. The van der Waals surface area contributed by atoms with Crippen LogP contribution < -0.4 is 5.32 Å². The van der Waals surface area contributed by atoms with Gasteiger partial charge in [-0.3, -0.25) is 10.1 Å². The Hall–Kier alpha value is -2.17. The Kier molecular flexibility index (Phi) is 5.73. The third kappa shape index (κ3) is 4.21. The Morgan fingerprint density at radius 3 is 2.79 bits per heavy atom. The first-order chi connectivity index (χ1) is 9.12. The number of anilines is 1. The molecule has 1 unspecified atom stereocenters. The fourth-order valence-electron chi connectivity index (χ4n) is 1.52. The van der Waals surface area contributed by atoms with Crippen LogP contribution in [-0.4, -0.2) is 38.4 Å². The maximum atomic E-state index is 10.7. The molecule has 102 valence electrons. The van der Waals surface area contributed by atoms with Gasteiger partial charge in [0.25, 0.3) is 5.69 Å². The summed E-state index contributed by atoms with van der Waals surface area (Å²) in [7, 11) is 3.15. The lowest BCUT2D eigenvalue weighted by atomic mass is 10.1. The Bertz CT molecular complexity index is 484. The van der Waals surface area contributed by atoms with E-state index < -0.39 is 4.92 Å². The normalized spacial score (nSPS) is 11.6. The van der Waals surface area contributed by atoms with E-state index >= 15 is 0 Å². The van der Waals surface area contributed by atoms with E-state index in [1.165, 1.54) is 12.1 Å². The van der Waals surface area contributed by atoms with Gasteiger partial charge in [0.15, 0.2) is 0 Å². The lowest BCUT2D eigenvalue weighted by Gasteiger charge is -2.15. The SMILES string of the molecule is COCC(CNc1ccc([N+](=O)[O-])c(C#N)c1)OC. The van der Waals surface area contributed by atoms with E-state index in [0.29, 0.717) is 18.8 Å². The molecule has 0 radical (unpaired) electrons. The van der Waals surface area contributed by atoms with E-state index in [2.05, 4.69) is 5.32 Å². The molecule has 1 aromatic rings.